The summed E-state index contributed by atoms with van der Waals surface area (Å²) in [7, 11) is 0. The van der Waals surface area contributed by atoms with Gasteiger partial charge in [0.05, 0.1) is 6.61 Å². The van der Waals surface area contributed by atoms with Gasteiger partial charge in [-0.15, -0.1) is 0 Å². The molecule has 0 saturated carbocycles. The Morgan fingerprint density at radius 1 is 1.26 bits per heavy atom. The number of carbonyl (C=O) groups is 1. The average molecular weight is 259 g/mol. The molecule has 3 heteroatoms. The van der Waals surface area contributed by atoms with Crippen LogP contribution >= 0.6 is 0 Å². The van der Waals surface area contributed by atoms with E-state index in [-0.39, 0.29) is 5.91 Å². The van der Waals surface area contributed by atoms with Crippen molar-refractivity contribution in [3.05, 3.63) is 35.9 Å². The maximum absolute atomic E-state index is 11.8. The van der Waals surface area contributed by atoms with Gasteiger partial charge in [-0.1, -0.05) is 19.1 Å². The predicted molar refractivity (Wildman–Crippen MR) is 77.1 cm³/mol. The highest BCUT2D eigenvalue weighted by atomic mass is 16.5. The van der Waals surface area contributed by atoms with E-state index in [0.29, 0.717) is 0 Å². The van der Waals surface area contributed by atoms with Crippen molar-refractivity contribution in [2.45, 2.75) is 26.2 Å². The highest BCUT2D eigenvalue weighted by molar-refractivity contribution is 5.91. The Hall–Kier alpha value is -1.77. The summed E-state index contributed by atoms with van der Waals surface area (Å²) in [5.41, 5.74) is 1.02. The molecule has 0 atom stereocenters. The number of hydrogen-bond acceptors (Lipinski definition) is 2. The molecule has 0 aliphatic carbocycles. The van der Waals surface area contributed by atoms with E-state index in [9.17, 15) is 4.79 Å². The number of carbonyl (C=O) groups excluding carboxylic acids is 1. The molecule has 2 rings (SSSR count). The number of nitrogens with zero attached hydrogens (tertiary/aromatic N) is 1. The molecule has 0 radical (unpaired) electrons. The topological polar surface area (TPSA) is 29.5 Å². The average Bonchev–Trinajstić information content (AvgIpc) is 2.98. The van der Waals surface area contributed by atoms with Crippen LogP contribution in [-0.4, -0.2) is 30.5 Å². The quantitative estimate of drug-likeness (QED) is 0.760. The van der Waals surface area contributed by atoms with Gasteiger partial charge in [0.15, 0.2) is 0 Å². The number of likely N-dealkylation sites (tertiary alicyclic amines) is 1. The molecule has 1 heterocycles. The van der Waals surface area contributed by atoms with Crippen LogP contribution in [-0.2, 0) is 4.79 Å². The van der Waals surface area contributed by atoms with E-state index in [4.69, 9.17) is 4.74 Å². The monoisotopic (exact) mass is 259 g/mol. The van der Waals surface area contributed by atoms with Gasteiger partial charge in [0, 0.05) is 19.2 Å². The van der Waals surface area contributed by atoms with E-state index in [0.717, 1.165) is 50.3 Å². The van der Waals surface area contributed by atoms with Crippen LogP contribution in [0.3, 0.4) is 0 Å². The first-order chi connectivity index (χ1) is 9.29. The minimum absolute atomic E-state index is 0.115. The van der Waals surface area contributed by atoms with Gasteiger partial charge in [0.25, 0.3) is 0 Å². The highest BCUT2D eigenvalue weighted by Crippen LogP contribution is 2.14. The van der Waals surface area contributed by atoms with E-state index in [1.165, 1.54) is 0 Å². The van der Waals surface area contributed by atoms with Crippen molar-refractivity contribution in [2.75, 3.05) is 19.7 Å². The Morgan fingerprint density at radius 3 is 2.58 bits per heavy atom. The van der Waals surface area contributed by atoms with Gasteiger partial charge in [-0.3, -0.25) is 4.79 Å². The molecule has 3 nitrogen and oxygen atoms in total. The summed E-state index contributed by atoms with van der Waals surface area (Å²) >= 11 is 0. The van der Waals surface area contributed by atoms with Crippen molar-refractivity contribution in [1.82, 2.24) is 4.90 Å². The first kappa shape index (κ1) is 13.7. The number of rotatable bonds is 5. The molecule has 0 unspecified atom stereocenters. The van der Waals surface area contributed by atoms with Crippen LogP contribution in [0.4, 0.5) is 0 Å². The van der Waals surface area contributed by atoms with Crippen LogP contribution in [0.2, 0.25) is 0 Å². The Balaban J connectivity index is 1.89. The molecular weight excluding hydrogens is 238 g/mol. The van der Waals surface area contributed by atoms with Gasteiger partial charge in [0.1, 0.15) is 5.75 Å². The number of benzene rings is 1. The highest BCUT2D eigenvalue weighted by Gasteiger charge is 2.14. The van der Waals surface area contributed by atoms with E-state index < -0.39 is 0 Å². The van der Waals surface area contributed by atoms with Crippen LogP contribution in [0.1, 0.15) is 31.7 Å². The van der Waals surface area contributed by atoms with Crippen molar-refractivity contribution in [2.24, 2.45) is 0 Å². The summed E-state index contributed by atoms with van der Waals surface area (Å²) in [6.45, 7) is 4.61. The molecule has 1 fully saturated rings. The third kappa shape index (κ3) is 4.12. The zero-order valence-electron chi connectivity index (χ0n) is 11.5. The van der Waals surface area contributed by atoms with E-state index >= 15 is 0 Å². The standard InChI is InChI=1S/C16H21NO2/c1-2-13-19-15-8-5-14(6-9-15)7-10-16(18)17-11-3-4-12-17/h5-10H,2-4,11-13H2,1H3/b10-7+. The summed E-state index contributed by atoms with van der Waals surface area (Å²) < 4.78 is 5.52. The molecule has 1 aliphatic rings. The molecule has 1 aromatic rings. The first-order valence-corrected chi connectivity index (χ1v) is 6.99. The predicted octanol–water partition coefficient (Wildman–Crippen LogP) is 3.11. The first-order valence-electron chi connectivity index (χ1n) is 6.99. The molecule has 19 heavy (non-hydrogen) atoms. The number of amides is 1. The maximum Gasteiger partial charge on any atom is 0.246 e. The Bertz CT molecular complexity index is 431. The molecule has 1 amide bonds. The lowest BCUT2D eigenvalue weighted by atomic mass is 10.2. The number of ether oxygens (including phenoxy) is 1. The van der Waals surface area contributed by atoms with Gasteiger partial charge in [0.2, 0.25) is 5.91 Å². The van der Waals surface area contributed by atoms with Crippen LogP contribution < -0.4 is 4.74 Å². The molecule has 0 N–H and O–H groups in total. The third-order valence-electron chi connectivity index (χ3n) is 3.19. The summed E-state index contributed by atoms with van der Waals surface area (Å²) in [4.78, 5) is 13.7. The largest absolute Gasteiger partial charge is 0.494 e. The minimum Gasteiger partial charge on any atom is -0.494 e. The van der Waals surface area contributed by atoms with Gasteiger partial charge < -0.3 is 9.64 Å². The smallest absolute Gasteiger partial charge is 0.246 e. The van der Waals surface area contributed by atoms with E-state index in [1.54, 1.807) is 6.08 Å². The molecule has 1 aromatic carbocycles. The van der Waals surface area contributed by atoms with Crippen molar-refractivity contribution in [3.8, 4) is 5.75 Å². The Morgan fingerprint density at radius 2 is 1.95 bits per heavy atom. The fraction of sp³-hybridized carbons (Fsp3) is 0.438. The SMILES string of the molecule is CCCOc1ccc(/C=C/C(=O)N2CCCC2)cc1. The lowest BCUT2D eigenvalue weighted by molar-refractivity contribution is -0.124. The van der Waals surface area contributed by atoms with Gasteiger partial charge in [-0.25, -0.2) is 0 Å². The van der Waals surface area contributed by atoms with Crippen molar-refractivity contribution < 1.29 is 9.53 Å². The summed E-state index contributed by atoms with van der Waals surface area (Å²) in [6.07, 6.45) is 6.79. The van der Waals surface area contributed by atoms with Crippen LogP contribution in [0.5, 0.6) is 5.75 Å². The fourth-order valence-corrected chi connectivity index (χ4v) is 2.11. The minimum atomic E-state index is 0.115. The Labute approximate surface area is 114 Å². The lowest BCUT2D eigenvalue weighted by Gasteiger charge is -2.11. The van der Waals surface area contributed by atoms with Crippen molar-refractivity contribution >= 4 is 12.0 Å². The van der Waals surface area contributed by atoms with Crippen molar-refractivity contribution in [1.29, 1.82) is 0 Å². The molecule has 0 spiro atoms. The lowest BCUT2D eigenvalue weighted by Crippen LogP contribution is -2.25. The van der Waals surface area contributed by atoms with Crippen molar-refractivity contribution in [3.63, 3.8) is 0 Å². The number of hydrogen-bond donors (Lipinski definition) is 0. The molecule has 1 aliphatic heterocycles. The normalized spacial score (nSPS) is 15.1. The van der Waals surface area contributed by atoms with Crippen LogP contribution in [0.25, 0.3) is 6.08 Å². The molecule has 0 bridgehead atoms. The maximum atomic E-state index is 11.8. The van der Waals surface area contributed by atoms with Gasteiger partial charge >= 0.3 is 0 Å². The van der Waals surface area contributed by atoms with E-state index in [2.05, 4.69) is 6.92 Å². The summed E-state index contributed by atoms with van der Waals surface area (Å²) in [6, 6.07) is 7.82. The molecule has 102 valence electrons. The van der Waals surface area contributed by atoms with Crippen LogP contribution in [0.15, 0.2) is 30.3 Å². The molecule has 1 saturated heterocycles. The molecule has 0 aromatic heterocycles. The zero-order valence-corrected chi connectivity index (χ0v) is 11.5. The van der Waals surface area contributed by atoms with E-state index in [1.807, 2.05) is 35.2 Å². The second-order valence-corrected chi connectivity index (χ2v) is 4.78. The second-order valence-electron chi connectivity index (χ2n) is 4.78. The molecular formula is C16H21NO2. The second kappa shape index (κ2) is 6.98. The fourth-order valence-electron chi connectivity index (χ4n) is 2.11. The summed E-state index contributed by atoms with van der Waals surface area (Å²) in [5.74, 6) is 0.994. The van der Waals surface area contributed by atoms with Crippen LogP contribution in [0, 0.1) is 0 Å². The Kier molecular flexibility index (Phi) is 5.01. The zero-order chi connectivity index (χ0) is 13.5. The third-order valence-corrected chi connectivity index (χ3v) is 3.19. The van der Waals surface area contributed by atoms with Gasteiger partial charge in [-0.2, -0.15) is 0 Å². The summed E-state index contributed by atoms with van der Waals surface area (Å²) in [5, 5.41) is 0. The van der Waals surface area contributed by atoms with Gasteiger partial charge in [-0.05, 0) is 43.0 Å².